The van der Waals surface area contributed by atoms with Gasteiger partial charge in [0.1, 0.15) is 0 Å². The highest BCUT2D eigenvalue weighted by atomic mass is 15.3. The average molecular weight is 265 g/mol. The van der Waals surface area contributed by atoms with Crippen molar-refractivity contribution in [1.82, 2.24) is 15.1 Å². The molecule has 0 aliphatic rings. The molecule has 0 fully saturated rings. The summed E-state index contributed by atoms with van der Waals surface area (Å²) in [7, 11) is 0. The van der Waals surface area contributed by atoms with Gasteiger partial charge in [-0.05, 0) is 51.3 Å². The molecule has 0 aliphatic heterocycles. The van der Waals surface area contributed by atoms with Gasteiger partial charge in [0.25, 0.3) is 0 Å². The first-order chi connectivity index (χ1) is 9.31. The Morgan fingerprint density at radius 3 is 2.47 bits per heavy atom. The van der Waals surface area contributed by atoms with Crippen molar-refractivity contribution in [3.8, 4) is 0 Å². The van der Waals surface area contributed by atoms with Crippen LogP contribution in [-0.4, -0.2) is 22.9 Å². The second kappa shape index (κ2) is 10.0. The van der Waals surface area contributed by atoms with E-state index >= 15 is 0 Å². The van der Waals surface area contributed by atoms with E-state index in [2.05, 4.69) is 41.9 Å². The van der Waals surface area contributed by atoms with Crippen LogP contribution in [0.5, 0.6) is 0 Å². The minimum atomic E-state index is 1.04. The fraction of sp³-hybridized carbons (Fsp3) is 0.812. The van der Waals surface area contributed by atoms with Gasteiger partial charge in [-0.3, -0.25) is 4.68 Å². The smallest absolute Gasteiger partial charge is 0.0624 e. The van der Waals surface area contributed by atoms with E-state index in [0.717, 1.165) is 25.9 Å². The van der Waals surface area contributed by atoms with Crippen LogP contribution >= 0.6 is 0 Å². The number of rotatable bonds is 11. The Hall–Kier alpha value is -0.830. The molecule has 0 amide bonds. The molecule has 1 aromatic rings. The predicted octanol–water partition coefficient (Wildman–Crippen LogP) is 3.57. The topological polar surface area (TPSA) is 29.9 Å². The van der Waals surface area contributed by atoms with Gasteiger partial charge in [-0.15, -0.1) is 0 Å². The Morgan fingerprint density at radius 2 is 1.79 bits per heavy atom. The maximum atomic E-state index is 4.66. The summed E-state index contributed by atoms with van der Waals surface area (Å²) in [6, 6.07) is 2.26. The molecule has 0 aliphatic carbocycles. The maximum Gasteiger partial charge on any atom is 0.0624 e. The van der Waals surface area contributed by atoms with E-state index in [4.69, 9.17) is 0 Å². The van der Waals surface area contributed by atoms with Crippen molar-refractivity contribution in [1.29, 1.82) is 0 Å². The number of aromatic nitrogens is 2. The number of aryl methyl sites for hydroxylation is 3. The fourth-order valence-electron chi connectivity index (χ4n) is 2.33. The van der Waals surface area contributed by atoms with Gasteiger partial charge in [-0.1, -0.05) is 33.6 Å². The first-order valence-corrected chi connectivity index (χ1v) is 8.08. The van der Waals surface area contributed by atoms with Crippen LogP contribution in [0, 0.1) is 0 Å². The molecule has 3 heteroatoms. The summed E-state index contributed by atoms with van der Waals surface area (Å²) in [5, 5.41) is 8.12. The summed E-state index contributed by atoms with van der Waals surface area (Å²) in [5.41, 5.74) is 2.63. The van der Waals surface area contributed by atoms with Crippen LogP contribution in [0.3, 0.4) is 0 Å². The van der Waals surface area contributed by atoms with Crippen molar-refractivity contribution >= 4 is 0 Å². The van der Waals surface area contributed by atoms with Crippen molar-refractivity contribution in [2.75, 3.05) is 13.1 Å². The van der Waals surface area contributed by atoms with Crippen LogP contribution in [0.2, 0.25) is 0 Å². The van der Waals surface area contributed by atoms with E-state index in [1.165, 1.54) is 50.0 Å². The Kier molecular flexibility index (Phi) is 8.55. The van der Waals surface area contributed by atoms with Gasteiger partial charge in [-0.25, -0.2) is 0 Å². The summed E-state index contributed by atoms with van der Waals surface area (Å²) in [5.74, 6) is 0. The van der Waals surface area contributed by atoms with Crippen molar-refractivity contribution in [2.24, 2.45) is 0 Å². The quantitative estimate of drug-likeness (QED) is 0.620. The van der Waals surface area contributed by atoms with Crippen LogP contribution in [0.25, 0.3) is 0 Å². The number of nitrogens with one attached hydrogen (secondary N) is 1. The summed E-state index contributed by atoms with van der Waals surface area (Å²) in [6.45, 7) is 10.0. The lowest BCUT2D eigenvalue weighted by Gasteiger charge is -2.06. The predicted molar refractivity (Wildman–Crippen MR) is 82.6 cm³/mol. The first-order valence-electron chi connectivity index (χ1n) is 8.08. The number of hydrogen-bond donors (Lipinski definition) is 1. The van der Waals surface area contributed by atoms with Crippen molar-refractivity contribution < 1.29 is 0 Å². The number of nitrogens with zero attached hydrogens (tertiary/aromatic N) is 2. The molecule has 0 saturated carbocycles. The third kappa shape index (κ3) is 6.24. The highest BCUT2D eigenvalue weighted by Gasteiger charge is 2.04. The molecule has 1 N–H and O–H groups in total. The van der Waals surface area contributed by atoms with Crippen molar-refractivity contribution in [3.05, 3.63) is 17.5 Å². The van der Waals surface area contributed by atoms with E-state index in [9.17, 15) is 0 Å². The van der Waals surface area contributed by atoms with Gasteiger partial charge in [-0.2, -0.15) is 5.10 Å². The van der Waals surface area contributed by atoms with Crippen LogP contribution in [0.4, 0.5) is 0 Å². The molecule has 0 aromatic carbocycles. The second-order valence-corrected chi connectivity index (χ2v) is 5.22. The van der Waals surface area contributed by atoms with Gasteiger partial charge in [0.05, 0.1) is 5.69 Å². The Morgan fingerprint density at radius 1 is 1.00 bits per heavy atom. The van der Waals surface area contributed by atoms with Gasteiger partial charge >= 0.3 is 0 Å². The van der Waals surface area contributed by atoms with E-state index in [1.807, 2.05) is 0 Å². The summed E-state index contributed by atoms with van der Waals surface area (Å²) in [6.07, 6.45) is 8.58. The average Bonchev–Trinajstić information content (AvgIpc) is 2.84. The monoisotopic (exact) mass is 265 g/mol. The third-order valence-corrected chi connectivity index (χ3v) is 3.54. The molecule has 0 unspecified atom stereocenters. The summed E-state index contributed by atoms with van der Waals surface area (Å²) < 4.78 is 2.22. The fourth-order valence-corrected chi connectivity index (χ4v) is 2.33. The molecule has 1 heterocycles. The molecule has 0 spiro atoms. The second-order valence-electron chi connectivity index (χ2n) is 5.22. The highest BCUT2D eigenvalue weighted by Crippen LogP contribution is 2.09. The molecular weight excluding hydrogens is 234 g/mol. The highest BCUT2D eigenvalue weighted by molar-refractivity contribution is 5.10. The molecule has 3 nitrogen and oxygen atoms in total. The molecule has 0 atom stereocenters. The van der Waals surface area contributed by atoms with Crippen LogP contribution in [-0.2, 0) is 19.4 Å². The molecular formula is C16H31N3. The third-order valence-electron chi connectivity index (χ3n) is 3.54. The number of unbranched alkanes of at least 4 members (excludes halogenated alkanes) is 3. The van der Waals surface area contributed by atoms with E-state index in [0.29, 0.717) is 0 Å². The maximum absolute atomic E-state index is 4.66. The minimum absolute atomic E-state index is 1.04. The molecule has 1 aromatic heterocycles. The SMILES string of the molecule is CCCNCCCCCCn1nc(CC)cc1CC. The van der Waals surface area contributed by atoms with Crippen LogP contribution in [0.15, 0.2) is 6.07 Å². The lowest BCUT2D eigenvalue weighted by Crippen LogP contribution is -2.15. The molecule has 0 bridgehead atoms. The van der Waals surface area contributed by atoms with Gasteiger partial charge in [0.2, 0.25) is 0 Å². The van der Waals surface area contributed by atoms with E-state index in [-0.39, 0.29) is 0 Å². The van der Waals surface area contributed by atoms with E-state index < -0.39 is 0 Å². The largest absolute Gasteiger partial charge is 0.317 e. The Balaban J connectivity index is 2.13. The molecule has 19 heavy (non-hydrogen) atoms. The van der Waals surface area contributed by atoms with Crippen molar-refractivity contribution in [3.63, 3.8) is 0 Å². The lowest BCUT2D eigenvalue weighted by molar-refractivity contribution is 0.510. The molecule has 0 saturated heterocycles. The molecule has 1 rings (SSSR count). The molecule has 0 radical (unpaired) electrons. The Bertz CT molecular complexity index is 331. The standard InChI is InChI=1S/C16H31N3/c1-4-11-17-12-9-7-8-10-13-19-16(6-3)14-15(5-2)18-19/h14,17H,4-13H2,1-3H3. The van der Waals surface area contributed by atoms with Gasteiger partial charge in [0.15, 0.2) is 0 Å². The summed E-state index contributed by atoms with van der Waals surface area (Å²) >= 11 is 0. The minimum Gasteiger partial charge on any atom is -0.317 e. The first kappa shape index (κ1) is 16.2. The lowest BCUT2D eigenvalue weighted by atomic mass is 10.2. The number of hydrogen-bond acceptors (Lipinski definition) is 2. The normalized spacial score (nSPS) is 11.1. The van der Waals surface area contributed by atoms with Crippen LogP contribution in [0.1, 0.15) is 64.3 Å². The zero-order chi connectivity index (χ0) is 13.9. The summed E-state index contributed by atoms with van der Waals surface area (Å²) in [4.78, 5) is 0. The Labute approximate surface area is 118 Å². The van der Waals surface area contributed by atoms with Gasteiger partial charge < -0.3 is 5.32 Å². The van der Waals surface area contributed by atoms with Gasteiger partial charge in [0, 0.05) is 12.2 Å². The van der Waals surface area contributed by atoms with E-state index in [1.54, 1.807) is 0 Å². The molecule has 110 valence electrons. The van der Waals surface area contributed by atoms with Crippen LogP contribution < -0.4 is 5.32 Å². The van der Waals surface area contributed by atoms with Crippen molar-refractivity contribution in [2.45, 2.75) is 72.3 Å². The zero-order valence-corrected chi connectivity index (χ0v) is 13.0. The zero-order valence-electron chi connectivity index (χ0n) is 13.0.